The van der Waals surface area contributed by atoms with Crippen molar-refractivity contribution < 1.29 is 4.79 Å². The number of piperidine rings is 2. The third kappa shape index (κ3) is 2.67. The van der Waals surface area contributed by atoms with Crippen molar-refractivity contribution in [2.75, 3.05) is 25.4 Å². The normalized spacial score (nSPS) is 26.8. The topological polar surface area (TPSA) is 67.4 Å². The monoisotopic (exact) mass is 353 g/mol. The average molecular weight is 353 g/mol. The van der Waals surface area contributed by atoms with Crippen LogP contribution in [0.5, 0.6) is 0 Å². The lowest BCUT2D eigenvalue weighted by Gasteiger charge is -2.46. The fourth-order valence-electron chi connectivity index (χ4n) is 5.23. The van der Waals surface area contributed by atoms with E-state index in [0.717, 1.165) is 29.1 Å². The number of hydrogen-bond donors (Lipinski definition) is 1. The van der Waals surface area contributed by atoms with Gasteiger partial charge in [-0.3, -0.25) is 4.79 Å². The van der Waals surface area contributed by atoms with Crippen LogP contribution >= 0.6 is 0 Å². The predicted octanol–water partition coefficient (Wildman–Crippen LogP) is 2.23. The summed E-state index contributed by atoms with van der Waals surface area (Å²) in [4.78, 5) is 22.3. The molecule has 1 aromatic carbocycles. The van der Waals surface area contributed by atoms with Gasteiger partial charge in [-0.15, -0.1) is 0 Å². The highest BCUT2D eigenvalue weighted by atomic mass is 16.2. The number of fused-ring (bicyclic) bond motifs is 4. The van der Waals surface area contributed by atoms with Gasteiger partial charge in [-0.25, -0.2) is 4.98 Å². The zero-order chi connectivity index (χ0) is 17.7. The molecule has 2 saturated heterocycles. The van der Waals surface area contributed by atoms with E-state index in [1.807, 2.05) is 23.1 Å². The van der Waals surface area contributed by atoms with Crippen molar-refractivity contribution in [2.24, 2.45) is 5.92 Å². The number of carbonyl (C=O) groups excluding carboxylic acids is 1. The molecule has 138 valence electrons. The molecule has 4 heterocycles. The van der Waals surface area contributed by atoms with Gasteiger partial charge in [0.1, 0.15) is 12.4 Å². The molecular formula is C20H27N5O. The van der Waals surface area contributed by atoms with Gasteiger partial charge in [0.25, 0.3) is 0 Å². The quantitative estimate of drug-likeness (QED) is 0.841. The molecule has 0 radical (unpaired) electrons. The largest absolute Gasteiger partial charge is 0.399 e. The lowest BCUT2D eigenvalue weighted by atomic mass is 9.83. The summed E-state index contributed by atoms with van der Waals surface area (Å²) in [6.07, 6.45) is 6.48. The molecule has 0 aliphatic carbocycles. The highest BCUT2D eigenvalue weighted by Crippen LogP contribution is 2.32. The number of nitrogens with two attached hydrogens (primary N) is 1. The number of carbonyl (C=O) groups is 1. The summed E-state index contributed by atoms with van der Waals surface area (Å²) in [5.41, 5.74) is 8.52. The summed E-state index contributed by atoms with van der Waals surface area (Å²) < 4.78 is 2.06. The van der Waals surface area contributed by atoms with E-state index >= 15 is 0 Å². The first kappa shape index (κ1) is 16.1. The Morgan fingerprint density at radius 2 is 2.00 bits per heavy atom. The van der Waals surface area contributed by atoms with Gasteiger partial charge in [-0.05, 0) is 62.9 Å². The third-order valence-corrected chi connectivity index (χ3v) is 6.51. The minimum Gasteiger partial charge on any atom is -0.399 e. The molecule has 26 heavy (non-hydrogen) atoms. The highest BCUT2D eigenvalue weighted by Gasteiger charge is 2.36. The molecule has 3 aliphatic rings. The number of benzene rings is 1. The summed E-state index contributed by atoms with van der Waals surface area (Å²) in [7, 11) is 0. The number of imidazole rings is 1. The van der Waals surface area contributed by atoms with E-state index < -0.39 is 0 Å². The molecule has 1 amide bonds. The Morgan fingerprint density at radius 3 is 2.92 bits per heavy atom. The molecule has 1 aromatic heterocycles. The first-order valence-electron chi connectivity index (χ1n) is 9.95. The van der Waals surface area contributed by atoms with Crippen molar-refractivity contribution >= 4 is 22.6 Å². The molecule has 6 nitrogen and oxygen atoms in total. The van der Waals surface area contributed by atoms with Crippen LogP contribution in [-0.2, 0) is 17.9 Å². The Balaban J connectivity index is 1.37. The third-order valence-electron chi connectivity index (χ3n) is 6.51. The van der Waals surface area contributed by atoms with Crippen LogP contribution in [0.25, 0.3) is 11.0 Å². The fourth-order valence-corrected chi connectivity index (χ4v) is 5.23. The number of nitrogens with zero attached hydrogens (tertiary/aromatic N) is 4. The minimum absolute atomic E-state index is 0.224. The lowest BCUT2D eigenvalue weighted by molar-refractivity contribution is -0.135. The van der Waals surface area contributed by atoms with Gasteiger partial charge in [0.15, 0.2) is 0 Å². The zero-order valence-corrected chi connectivity index (χ0v) is 15.2. The molecule has 0 saturated carbocycles. The fraction of sp³-hybridized carbons (Fsp3) is 0.600. The van der Waals surface area contributed by atoms with Crippen LogP contribution in [-0.4, -0.2) is 50.9 Å². The minimum atomic E-state index is 0.224. The number of rotatable bonds is 2. The molecule has 2 atom stereocenters. The van der Waals surface area contributed by atoms with E-state index in [4.69, 9.17) is 10.7 Å². The van der Waals surface area contributed by atoms with Crippen molar-refractivity contribution in [3.8, 4) is 0 Å². The molecule has 6 heteroatoms. The second-order valence-corrected chi connectivity index (χ2v) is 8.14. The number of nitrogen functional groups attached to an aromatic ring is 1. The maximum Gasteiger partial charge on any atom is 0.242 e. The van der Waals surface area contributed by atoms with Gasteiger partial charge in [-0.1, -0.05) is 6.42 Å². The van der Waals surface area contributed by atoms with Crippen LogP contribution in [0.4, 0.5) is 5.69 Å². The van der Waals surface area contributed by atoms with E-state index in [1.54, 1.807) is 0 Å². The van der Waals surface area contributed by atoms with Crippen molar-refractivity contribution in [3.63, 3.8) is 0 Å². The van der Waals surface area contributed by atoms with Crippen molar-refractivity contribution in [1.82, 2.24) is 19.4 Å². The zero-order valence-electron chi connectivity index (χ0n) is 15.2. The number of anilines is 1. The summed E-state index contributed by atoms with van der Waals surface area (Å²) in [6, 6.07) is 6.43. The average Bonchev–Trinajstić information content (AvgIpc) is 2.98. The van der Waals surface area contributed by atoms with E-state index in [9.17, 15) is 4.79 Å². The Hall–Kier alpha value is -2.08. The first-order chi connectivity index (χ1) is 12.7. The van der Waals surface area contributed by atoms with E-state index in [1.165, 1.54) is 45.2 Å². The van der Waals surface area contributed by atoms with Gasteiger partial charge in [0.2, 0.25) is 5.91 Å². The Labute approximate surface area is 153 Å². The van der Waals surface area contributed by atoms with Gasteiger partial charge in [-0.2, -0.15) is 0 Å². The summed E-state index contributed by atoms with van der Waals surface area (Å²) in [5.74, 6) is 1.82. The SMILES string of the molecule is Nc1ccc2c(c1)nc1n2CC(=O)N(C[C@H]2CCCN3CCCC[C@H]23)C1. The van der Waals surface area contributed by atoms with Gasteiger partial charge in [0, 0.05) is 18.3 Å². The van der Waals surface area contributed by atoms with Crippen LogP contribution < -0.4 is 5.73 Å². The maximum atomic E-state index is 12.8. The number of aromatic nitrogens is 2. The molecular weight excluding hydrogens is 326 g/mol. The van der Waals surface area contributed by atoms with Gasteiger partial charge < -0.3 is 20.1 Å². The molecule has 0 bridgehead atoms. The standard InChI is InChI=1S/C20H27N5O/c21-15-6-7-18-16(10-15)22-19-12-24(20(26)13-25(18)19)11-14-4-3-9-23-8-2-1-5-17(14)23/h6-7,10,14,17H,1-5,8-9,11-13,21H2/t14-,17-/m1/s1. The van der Waals surface area contributed by atoms with Crippen LogP contribution in [0.1, 0.15) is 37.9 Å². The predicted molar refractivity (Wildman–Crippen MR) is 101 cm³/mol. The second-order valence-electron chi connectivity index (χ2n) is 8.14. The summed E-state index contributed by atoms with van der Waals surface area (Å²) in [5, 5.41) is 0. The molecule has 2 aromatic rings. The molecule has 2 fully saturated rings. The maximum absolute atomic E-state index is 12.8. The smallest absolute Gasteiger partial charge is 0.242 e. The van der Waals surface area contributed by atoms with Crippen molar-refractivity contribution in [1.29, 1.82) is 0 Å². The van der Waals surface area contributed by atoms with Crippen LogP contribution in [0.15, 0.2) is 18.2 Å². The van der Waals surface area contributed by atoms with E-state index in [-0.39, 0.29) is 5.91 Å². The number of hydrogen-bond acceptors (Lipinski definition) is 4. The molecule has 0 spiro atoms. The van der Waals surface area contributed by atoms with E-state index in [0.29, 0.717) is 25.0 Å². The van der Waals surface area contributed by atoms with Gasteiger partial charge >= 0.3 is 0 Å². The first-order valence-corrected chi connectivity index (χ1v) is 9.95. The molecule has 5 rings (SSSR count). The molecule has 3 aliphatic heterocycles. The number of amides is 1. The van der Waals surface area contributed by atoms with E-state index in [2.05, 4.69) is 9.47 Å². The van der Waals surface area contributed by atoms with Crippen molar-refractivity contribution in [3.05, 3.63) is 24.0 Å². The summed E-state index contributed by atoms with van der Waals surface area (Å²) >= 11 is 0. The Kier molecular flexibility index (Phi) is 3.89. The Morgan fingerprint density at radius 1 is 1.12 bits per heavy atom. The van der Waals surface area contributed by atoms with Gasteiger partial charge in [0.05, 0.1) is 17.6 Å². The van der Waals surface area contributed by atoms with Crippen LogP contribution in [0.2, 0.25) is 0 Å². The highest BCUT2D eigenvalue weighted by molar-refractivity contribution is 5.84. The lowest BCUT2D eigenvalue weighted by Crippen LogP contribution is -2.52. The Bertz CT molecular complexity index is 842. The van der Waals surface area contributed by atoms with Crippen LogP contribution in [0, 0.1) is 5.92 Å². The van der Waals surface area contributed by atoms with Crippen LogP contribution in [0.3, 0.4) is 0 Å². The van der Waals surface area contributed by atoms with Crippen molar-refractivity contribution in [2.45, 2.75) is 51.2 Å². The summed E-state index contributed by atoms with van der Waals surface area (Å²) in [6.45, 7) is 4.39. The second kappa shape index (κ2) is 6.27. The molecule has 0 unspecified atom stereocenters. The molecule has 2 N–H and O–H groups in total.